The summed E-state index contributed by atoms with van der Waals surface area (Å²) in [6.07, 6.45) is 2.99. The van der Waals surface area contributed by atoms with Gasteiger partial charge in [0.15, 0.2) is 0 Å². The number of carbonyl (C=O) groups excluding carboxylic acids is 1. The third-order valence-electron chi connectivity index (χ3n) is 3.31. The van der Waals surface area contributed by atoms with Crippen LogP contribution >= 0.6 is 0 Å². The van der Waals surface area contributed by atoms with Gasteiger partial charge in [-0.25, -0.2) is 0 Å². The molecule has 1 aromatic carbocycles. The van der Waals surface area contributed by atoms with Crippen LogP contribution < -0.4 is 0 Å². The first-order valence-corrected chi connectivity index (χ1v) is 6.53. The minimum absolute atomic E-state index is 0.280. The molecule has 0 aliphatic carbocycles. The molecule has 1 atom stereocenters. The molecule has 0 amide bonds. The number of carbonyl (C=O) groups is 1. The summed E-state index contributed by atoms with van der Waals surface area (Å²) in [7, 11) is 0. The summed E-state index contributed by atoms with van der Waals surface area (Å²) in [5, 5.41) is 0. The van der Waals surface area contributed by atoms with Gasteiger partial charge >= 0.3 is 0 Å². The predicted molar refractivity (Wildman–Crippen MR) is 73.2 cm³/mol. The monoisotopic (exact) mass is 241 g/mol. The van der Waals surface area contributed by atoms with Crippen molar-refractivity contribution < 1.29 is 4.79 Å². The number of ketones is 1. The third kappa shape index (κ3) is 3.72. The van der Waals surface area contributed by atoms with Gasteiger partial charge in [0.1, 0.15) is 5.78 Å². The van der Waals surface area contributed by atoms with E-state index in [1.807, 2.05) is 30.3 Å². The van der Waals surface area contributed by atoms with Crippen molar-refractivity contribution in [2.75, 3.05) is 13.1 Å². The Morgan fingerprint density at radius 2 is 2.17 bits per heavy atom. The van der Waals surface area contributed by atoms with Gasteiger partial charge < -0.3 is 0 Å². The van der Waals surface area contributed by atoms with Crippen LogP contribution in [0.1, 0.15) is 31.7 Å². The SMILES string of the molecule is CC(=O)CC1CCCN1CC#Cc1ccccc1. The Labute approximate surface area is 109 Å². The molecule has 1 saturated heterocycles. The first-order valence-electron chi connectivity index (χ1n) is 6.53. The van der Waals surface area contributed by atoms with Crippen molar-refractivity contribution in [3.05, 3.63) is 35.9 Å². The van der Waals surface area contributed by atoms with Crippen LogP contribution in [0.4, 0.5) is 0 Å². The van der Waals surface area contributed by atoms with E-state index in [9.17, 15) is 4.79 Å². The second kappa shape index (κ2) is 6.37. The third-order valence-corrected chi connectivity index (χ3v) is 3.31. The Morgan fingerprint density at radius 1 is 1.39 bits per heavy atom. The van der Waals surface area contributed by atoms with Crippen LogP contribution in [0, 0.1) is 11.8 Å². The molecule has 1 heterocycles. The lowest BCUT2D eigenvalue weighted by Crippen LogP contribution is -2.31. The summed E-state index contributed by atoms with van der Waals surface area (Å²) >= 11 is 0. The fourth-order valence-electron chi connectivity index (χ4n) is 2.43. The first-order chi connectivity index (χ1) is 8.75. The molecule has 0 saturated carbocycles. The lowest BCUT2D eigenvalue weighted by atomic mass is 10.1. The maximum atomic E-state index is 11.2. The Kier molecular flexibility index (Phi) is 4.55. The Hall–Kier alpha value is -1.59. The lowest BCUT2D eigenvalue weighted by Gasteiger charge is -2.20. The van der Waals surface area contributed by atoms with Crippen molar-refractivity contribution in [3.8, 4) is 11.8 Å². The summed E-state index contributed by atoms with van der Waals surface area (Å²) in [5.41, 5.74) is 1.06. The Balaban J connectivity index is 1.90. The van der Waals surface area contributed by atoms with Gasteiger partial charge in [-0.1, -0.05) is 30.0 Å². The molecular formula is C16H19NO. The molecule has 2 heteroatoms. The van der Waals surface area contributed by atoms with Crippen LogP contribution in [0.2, 0.25) is 0 Å². The predicted octanol–water partition coefficient (Wildman–Crippen LogP) is 2.48. The van der Waals surface area contributed by atoms with Gasteiger partial charge in [-0.05, 0) is 38.4 Å². The number of hydrogen-bond donors (Lipinski definition) is 0. The topological polar surface area (TPSA) is 20.3 Å². The first kappa shape index (κ1) is 12.9. The van der Waals surface area contributed by atoms with Crippen LogP contribution in [0.25, 0.3) is 0 Å². The van der Waals surface area contributed by atoms with E-state index < -0.39 is 0 Å². The van der Waals surface area contributed by atoms with Crippen LogP contribution in [-0.4, -0.2) is 29.8 Å². The fourth-order valence-corrected chi connectivity index (χ4v) is 2.43. The maximum absolute atomic E-state index is 11.2. The molecule has 94 valence electrons. The summed E-state index contributed by atoms with van der Waals surface area (Å²) in [5.74, 6) is 6.66. The number of hydrogen-bond acceptors (Lipinski definition) is 2. The van der Waals surface area contributed by atoms with Gasteiger partial charge in [-0.2, -0.15) is 0 Å². The molecule has 1 fully saturated rings. The van der Waals surface area contributed by atoms with E-state index in [0.29, 0.717) is 12.5 Å². The lowest BCUT2D eigenvalue weighted by molar-refractivity contribution is -0.117. The Morgan fingerprint density at radius 3 is 2.89 bits per heavy atom. The van der Waals surface area contributed by atoms with E-state index in [2.05, 4.69) is 16.7 Å². The molecule has 18 heavy (non-hydrogen) atoms. The summed E-state index contributed by atoms with van der Waals surface area (Å²) in [4.78, 5) is 13.5. The van der Waals surface area contributed by atoms with E-state index in [1.165, 1.54) is 6.42 Å². The molecule has 2 nitrogen and oxygen atoms in total. The molecule has 0 aromatic heterocycles. The second-order valence-corrected chi connectivity index (χ2v) is 4.84. The van der Waals surface area contributed by atoms with E-state index >= 15 is 0 Å². The minimum atomic E-state index is 0.280. The van der Waals surface area contributed by atoms with Gasteiger partial charge in [0, 0.05) is 18.0 Å². The summed E-state index contributed by atoms with van der Waals surface area (Å²) in [6.45, 7) is 3.51. The van der Waals surface area contributed by atoms with E-state index in [0.717, 1.165) is 25.1 Å². The van der Waals surface area contributed by atoms with Crippen molar-refractivity contribution in [2.24, 2.45) is 0 Å². The molecule has 0 N–H and O–H groups in total. The zero-order valence-corrected chi connectivity index (χ0v) is 10.9. The average Bonchev–Trinajstić information content (AvgIpc) is 2.77. The van der Waals surface area contributed by atoms with Crippen molar-refractivity contribution >= 4 is 5.78 Å². The summed E-state index contributed by atoms with van der Waals surface area (Å²) < 4.78 is 0. The number of nitrogens with zero attached hydrogens (tertiary/aromatic N) is 1. The van der Waals surface area contributed by atoms with Crippen LogP contribution in [-0.2, 0) is 4.79 Å². The standard InChI is InChI=1S/C16H19NO/c1-14(18)13-16-10-6-12-17(16)11-5-9-15-7-3-2-4-8-15/h2-4,7-8,16H,6,10-13H2,1H3. The zero-order chi connectivity index (χ0) is 12.8. The highest BCUT2D eigenvalue weighted by atomic mass is 16.1. The molecular weight excluding hydrogens is 222 g/mol. The zero-order valence-electron chi connectivity index (χ0n) is 10.9. The molecule has 1 unspecified atom stereocenters. The molecule has 1 aliphatic heterocycles. The van der Waals surface area contributed by atoms with Gasteiger partial charge in [0.2, 0.25) is 0 Å². The van der Waals surface area contributed by atoms with Crippen LogP contribution in [0.3, 0.4) is 0 Å². The number of Topliss-reactive ketones (excluding diaryl/α,β-unsaturated/α-hetero) is 1. The van der Waals surface area contributed by atoms with Crippen molar-refractivity contribution in [3.63, 3.8) is 0 Å². The number of rotatable bonds is 3. The van der Waals surface area contributed by atoms with Crippen molar-refractivity contribution in [2.45, 2.75) is 32.2 Å². The molecule has 1 aliphatic rings. The normalized spacial score (nSPS) is 19.3. The molecule has 2 rings (SSSR count). The largest absolute Gasteiger partial charge is 0.300 e. The molecule has 1 aromatic rings. The second-order valence-electron chi connectivity index (χ2n) is 4.84. The highest BCUT2D eigenvalue weighted by Gasteiger charge is 2.24. The number of benzene rings is 1. The van der Waals surface area contributed by atoms with E-state index in [-0.39, 0.29) is 5.78 Å². The quantitative estimate of drug-likeness (QED) is 0.758. The molecule has 0 spiro atoms. The average molecular weight is 241 g/mol. The molecule has 0 radical (unpaired) electrons. The van der Waals surface area contributed by atoms with Gasteiger partial charge in [0.05, 0.1) is 6.54 Å². The smallest absolute Gasteiger partial charge is 0.131 e. The van der Waals surface area contributed by atoms with Crippen LogP contribution in [0.5, 0.6) is 0 Å². The van der Waals surface area contributed by atoms with Gasteiger partial charge in [-0.15, -0.1) is 0 Å². The summed E-state index contributed by atoms with van der Waals surface area (Å²) in [6, 6.07) is 10.4. The number of likely N-dealkylation sites (tertiary alicyclic amines) is 1. The molecule has 0 bridgehead atoms. The minimum Gasteiger partial charge on any atom is -0.300 e. The maximum Gasteiger partial charge on any atom is 0.131 e. The van der Waals surface area contributed by atoms with E-state index in [4.69, 9.17) is 0 Å². The Bertz CT molecular complexity index is 455. The van der Waals surface area contributed by atoms with E-state index in [1.54, 1.807) is 6.92 Å². The highest BCUT2D eigenvalue weighted by molar-refractivity contribution is 5.76. The van der Waals surface area contributed by atoms with Gasteiger partial charge in [-0.3, -0.25) is 9.69 Å². The highest BCUT2D eigenvalue weighted by Crippen LogP contribution is 2.19. The van der Waals surface area contributed by atoms with Gasteiger partial charge in [0.25, 0.3) is 0 Å². The van der Waals surface area contributed by atoms with Crippen molar-refractivity contribution in [1.29, 1.82) is 0 Å². The fraction of sp³-hybridized carbons (Fsp3) is 0.438. The van der Waals surface area contributed by atoms with Crippen molar-refractivity contribution in [1.82, 2.24) is 4.90 Å². The van der Waals surface area contributed by atoms with Crippen LogP contribution in [0.15, 0.2) is 30.3 Å².